The summed E-state index contributed by atoms with van der Waals surface area (Å²) in [6, 6.07) is 9.72. The van der Waals surface area contributed by atoms with Gasteiger partial charge in [0.1, 0.15) is 18.0 Å². The number of anilines is 3. The molecule has 0 bridgehead atoms. The highest BCUT2D eigenvalue weighted by molar-refractivity contribution is 6.31. The minimum Gasteiger partial charge on any atom is -0.380 e. The van der Waals surface area contributed by atoms with Gasteiger partial charge in [-0.2, -0.15) is 0 Å². The highest BCUT2D eigenvalue weighted by atomic mass is 35.5. The Balaban J connectivity index is 1.45. The first-order chi connectivity index (χ1) is 15.6. The smallest absolute Gasteiger partial charge is 0.248 e. The molecule has 9 heteroatoms. The number of nitrogens with one attached hydrogen (secondary N) is 2. The monoisotopic (exact) mass is 455 g/mol. The number of amides is 1. The van der Waals surface area contributed by atoms with E-state index in [0.717, 1.165) is 32.7 Å². The van der Waals surface area contributed by atoms with Crippen LogP contribution in [0.15, 0.2) is 54.9 Å². The van der Waals surface area contributed by atoms with Crippen molar-refractivity contribution in [3.8, 4) is 0 Å². The van der Waals surface area contributed by atoms with Gasteiger partial charge in [-0.3, -0.25) is 9.69 Å². The van der Waals surface area contributed by atoms with Crippen molar-refractivity contribution in [1.29, 1.82) is 0 Å². The lowest BCUT2D eigenvalue weighted by molar-refractivity contribution is -0.111. The highest BCUT2D eigenvalue weighted by Gasteiger charge is 2.09. The van der Waals surface area contributed by atoms with E-state index < -0.39 is 5.82 Å². The molecule has 1 aliphatic heterocycles. The zero-order chi connectivity index (χ0) is 22.3. The molecule has 166 valence electrons. The molecule has 0 atom stereocenters. The molecule has 4 rings (SSSR count). The Kier molecular flexibility index (Phi) is 7.26. The number of carbonyl (C=O) groups excluding carboxylic acids is 1. The van der Waals surface area contributed by atoms with Gasteiger partial charge in [0.2, 0.25) is 5.91 Å². The van der Waals surface area contributed by atoms with E-state index in [0.29, 0.717) is 34.6 Å². The third kappa shape index (κ3) is 5.79. The third-order valence-electron chi connectivity index (χ3n) is 5.03. The SMILES string of the molecule is O=C(C=CCN1CCCOCC1)Nc1ccc2ncnc(Nc3ccc(F)c(Cl)c3)c2c1. The molecule has 1 saturated heterocycles. The van der Waals surface area contributed by atoms with E-state index >= 15 is 0 Å². The van der Waals surface area contributed by atoms with Gasteiger partial charge in [-0.15, -0.1) is 0 Å². The van der Waals surface area contributed by atoms with Crippen molar-refractivity contribution in [2.45, 2.75) is 6.42 Å². The van der Waals surface area contributed by atoms with Crippen LogP contribution in [0.25, 0.3) is 10.9 Å². The molecule has 0 radical (unpaired) electrons. The van der Waals surface area contributed by atoms with Crippen molar-refractivity contribution in [1.82, 2.24) is 14.9 Å². The number of rotatable bonds is 6. The molecule has 2 N–H and O–H groups in total. The normalized spacial score (nSPS) is 15.1. The summed E-state index contributed by atoms with van der Waals surface area (Å²) in [5.41, 5.74) is 1.91. The molecule has 1 fully saturated rings. The summed E-state index contributed by atoms with van der Waals surface area (Å²) in [5.74, 6) is -0.188. The molecule has 2 aromatic carbocycles. The Hall–Kier alpha value is -3.07. The predicted octanol–water partition coefficient (Wildman–Crippen LogP) is 4.38. The first kappa shape index (κ1) is 22.1. The molecule has 1 aromatic heterocycles. The second-order valence-corrected chi connectivity index (χ2v) is 7.77. The first-order valence-electron chi connectivity index (χ1n) is 10.3. The van der Waals surface area contributed by atoms with Gasteiger partial charge in [0, 0.05) is 49.1 Å². The minimum atomic E-state index is -0.494. The Morgan fingerprint density at radius 3 is 2.91 bits per heavy atom. The average Bonchev–Trinajstić information content (AvgIpc) is 3.06. The van der Waals surface area contributed by atoms with Crippen LogP contribution >= 0.6 is 11.6 Å². The lowest BCUT2D eigenvalue weighted by Gasteiger charge is -2.16. The van der Waals surface area contributed by atoms with Crippen LogP contribution in [0.5, 0.6) is 0 Å². The maximum atomic E-state index is 13.4. The maximum Gasteiger partial charge on any atom is 0.248 e. The Bertz CT molecular complexity index is 1130. The van der Waals surface area contributed by atoms with Crippen LogP contribution in [0.1, 0.15) is 6.42 Å². The summed E-state index contributed by atoms with van der Waals surface area (Å²) in [7, 11) is 0. The van der Waals surface area contributed by atoms with Gasteiger partial charge in [0.05, 0.1) is 17.1 Å². The van der Waals surface area contributed by atoms with Crippen molar-refractivity contribution in [3.05, 3.63) is 65.7 Å². The van der Waals surface area contributed by atoms with Gasteiger partial charge < -0.3 is 15.4 Å². The number of nitrogens with zero attached hydrogens (tertiary/aromatic N) is 3. The molecular formula is C23H23ClFN5O2. The largest absolute Gasteiger partial charge is 0.380 e. The Labute approximate surface area is 190 Å². The van der Waals surface area contributed by atoms with Crippen molar-refractivity contribution in [3.63, 3.8) is 0 Å². The van der Waals surface area contributed by atoms with E-state index in [-0.39, 0.29) is 10.9 Å². The van der Waals surface area contributed by atoms with E-state index in [1.807, 2.05) is 6.08 Å². The van der Waals surface area contributed by atoms with E-state index in [1.54, 1.807) is 24.3 Å². The summed E-state index contributed by atoms with van der Waals surface area (Å²) in [6.45, 7) is 4.05. The van der Waals surface area contributed by atoms with Crippen LogP contribution in [0.2, 0.25) is 5.02 Å². The second-order valence-electron chi connectivity index (χ2n) is 7.37. The number of aromatic nitrogens is 2. The second kappa shape index (κ2) is 10.5. The van der Waals surface area contributed by atoms with E-state index in [9.17, 15) is 9.18 Å². The molecule has 32 heavy (non-hydrogen) atoms. The number of hydrogen-bond donors (Lipinski definition) is 2. The molecule has 0 aliphatic carbocycles. The predicted molar refractivity (Wildman–Crippen MR) is 124 cm³/mol. The summed E-state index contributed by atoms with van der Waals surface area (Å²) < 4.78 is 18.9. The Morgan fingerprint density at radius 1 is 1.16 bits per heavy atom. The van der Waals surface area contributed by atoms with Crippen LogP contribution in [0.4, 0.5) is 21.6 Å². The zero-order valence-electron chi connectivity index (χ0n) is 17.4. The van der Waals surface area contributed by atoms with Gasteiger partial charge >= 0.3 is 0 Å². The van der Waals surface area contributed by atoms with Crippen LogP contribution in [-0.2, 0) is 9.53 Å². The number of carbonyl (C=O) groups is 1. The molecule has 2 heterocycles. The van der Waals surface area contributed by atoms with Gasteiger partial charge in [-0.25, -0.2) is 14.4 Å². The standard InChI is InChI=1S/C23H23ClFN5O2/c24-19-14-17(4-6-20(19)25)29-23-18-13-16(5-7-21(18)26-15-27-23)28-22(31)3-1-8-30-9-2-11-32-12-10-30/h1,3-7,13-15H,2,8-12H2,(H,28,31)(H,26,27,29). The summed E-state index contributed by atoms with van der Waals surface area (Å²) in [6.07, 6.45) is 5.83. The average molecular weight is 456 g/mol. The van der Waals surface area contributed by atoms with Crippen LogP contribution in [0, 0.1) is 5.82 Å². The third-order valence-corrected chi connectivity index (χ3v) is 5.32. The fraction of sp³-hybridized carbons (Fsp3) is 0.261. The zero-order valence-corrected chi connectivity index (χ0v) is 18.1. The van der Waals surface area contributed by atoms with Crippen molar-refractivity contribution >= 4 is 45.6 Å². The van der Waals surface area contributed by atoms with E-state index in [1.165, 1.54) is 24.5 Å². The van der Waals surface area contributed by atoms with Crippen LogP contribution in [-0.4, -0.2) is 53.6 Å². The molecule has 3 aromatic rings. The van der Waals surface area contributed by atoms with Gasteiger partial charge in [-0.1, -0.05) is 17.7 Å². The number of hydrogen-bond acceptors (Lipinski definition) is 6. The summed E-state index contributed by atoms with van der Waals surface area (Å²) in [4.78, 5) is 23.2. The molecule has 1 aliphatic rings. The van der Waals surface area contributed by atoms with Crippen molar-refractivity contribution in [2.75, 3.05) is 43.5 Å². The van der Waals surface area contributed by atoms with Crippen LogP contribution in [0.3, 0.4) is 0 Å². The number of benzene rings is 2. The minimum absolute atomic E-state index is 0.0146. The van der Waals surface area contributed by atoms with Gasteiger partial charge in [0.15, 0.2) is 0 Å². The fourth-order valence-corrected chi connectivity index (χ4v) is 3.60. The fourth-order valence-electron chi connectivity index (χ4n) is 3.42. The van der Waals surface area contributed by atoms with E-state index in [2.05, 4.69) is 25.5 Å². The number of fused-ring (bicyclic) bond motifs is 1. The van der Waals surface area contributed by atoms with E-state index in [4.69, 9.17) is 16.3 Å². The topological polar surface area (TPSA) is 79.4 Å². The number of ether oxygens (including phenoxy) is 1. The summed E-state index contributed by atoms with van der Waals surface area (Å²) >= 11 is 5.87. The molecule has 1 amide bonds. The lowest BCUT2D eigenvalue weighted by Crippen LogP contribution is -2.26. The molecule has 7 nitrogen and oxygen atoms in total. The molecule has 0 unspecified atom stereocenters. The molecular weight excluding hydrogens is 433 g/mol. The van der Waals surface area contributed by atoms with Crippen molar-refractivity contribution < 1.29 is 13.9 Å². The Morgan fingerprint density at radius 2 is 2.03 bits per heavy atom. The van der Waals surface area contributed by atoms with Crippen molar-refractivity contribution in [2.24, 2.45) is 0 Å². The maximum absolute atomic E-state index is 13.4. The quantitative estimate of drug-likeness (QED) is 0.537. The molecule has 0 spiro atoms. The summed E-state index contributed by atoms with van der Waals surface area (Å²) in [5, 5.41) is 6.72. The molecule has 0 saturated carbocycles. The van der Waals surface area contributed by atoms with Gasteiger partial charge in [-0.05, 0) is 42.8 Å². The van der Waals surface area contributed by atoms with Crippen LogP contribution < -0.4 is 10.6 Å². The number of halogens is 2. The first-order valence-corrected chi connectivity index (χ1v) is 10.7. The highest BCUT2D eigenvalue weighted by Crippen LogP contribution is 2.27. The van der Waals surface area contributed by atoms with Gasteiger partial charge in [0.25, 0.3) is 0 Å². The lowest BCUT2D eigenvalue weighted by atomic mass is 10.2.